The van der Waals surface area contributed by atoms with Gasteiger partial charge in [-0.3, -0.25) is 9.59 Å². The minimum Gasteiger partial charge on any atom is -0.368 e. The first-order valence-corrected chi connectivity index (χ1v) is 7.92. The molecule has 1 aromatic carbocycles. The SMILES string of the molecule is NC(=O)[C@H](Cc1cnc[nH]1)NC(=O)[C@@H](N)Cc1c[nH]c2ccccc12. The van der Waals surface area contributed by atoms with Gasteiger partial charge in [-0.25, -0.2) is 4.98 Å². The van der Waals surface area contributed by atoms with Crippen LogP contribution in [0.2, 0.25) is 0 Å². The zero-order chi connectivity index (χ0) is 17.8. The van der Waals surface area contributed by atoms with Crippen molar-refractivity contribution in [2.24, 2.45) is 11.5 Å². The third-order valence-corrected chi connectivity index (χ3v) is 4.09. The van der Waals surface area contributed by atoms with E-state index in [-0.39, 0.29) is 6.42 Å². The van der Waals surface area contributed by atoms with Crippen LogP contribution >= 0.6 is 0 Å². The number of aromatic amines is 2. The van der Waals surface area contributed by atoms with E-state index in [0.29, 0.717) is 12.1 Å². The van der Waals surface area contributed by atoms with Gasteiger partial charge in [-0.15, -0.1) is 0 Å². The summed E-state index contributed by atoms with van der Waals surface area (Å²) in [6, 6.07) is 6.15. The van der Waals surface area contributed by atoms with Crippen molar-refractivity contribution in [2.45, 2.75) is 24.9 Å². The number of nitrogens with zero attached hydrogens (tertiary/aromatic N) is 1. The third-order valence-electron chi connectivity index (χ3n) is 4.09. The fourth-order valence-corrected chi connectivity index (χ4v) is 2.75. The molecule has 2 heterocycles. The monoisotopic (exact) mass is 340 g/mol. The van der Waals surface area contributed by atoms with Gasteiger partial charge in [0.2, 0.25) is 11.8 Å². The van der Waals surface area contributed by atoms with Crippen LogP contribution in [-0.4, -0.2) is 38.8 Å². The van der Waals surface area contributed by atoms with E-state index < -0.39 is 23.9 Å². The fourth-order valence-electron chi connectivity index (χ4n) is 2.75. The highest BCUT2D eigenvalue weighted by atomic mass is 16.2. The van der Waals surface area contributed by atoms with E-state index >= 15 is 0 Å². The van der Waals surface area contributed by atoms with Gasteiger partial charge in [-0.05, 0) is 18.1 Å². The lowest BCUT2D eigenvalue weighted by Gasteiger charge is -2.18. The molecule has 0 saturated heterocycles. The van der Waals surface area contributed by atoms with Crippen LogP contribution in [0, 0.1) is 0 Å². The highest BCUT2D eigenvalue weighted by molar-refractivity contribution is 5.90. The van der Waals surface area contributed by atoms with Crippen LogP contribution in [0.1, 0.15) is 11.3 Å². The van der Waals surface area contributed by atoms with Crippen LogP contribution in [0.4, 0.5) is 0 Å². The van der Waals surface area contributed by atoms with E-state index in [1.54, 1.807) is 6.20 Å². The number of H-pyrrole nitrogens is 2. The summed E-state index contributed by atoms with van der Waals surface area (Å²) >= 11 is 0. The molecule has 7 N–H and O–H groups in total. The molecule has 0 radical (unpaired) electrons. The van der Waals surface area contributed by atoms with Gasteiger partial charge in [0.05, 0.1) is 12.4 Å². The highest BCUT2D eigenvalue weighted by Crippen LogP contribution is 2.18. The number of nitrogens with two attached hydrogens (primary N) is 2. The van der Waals surface area contributed by atoms with Gasteiger partial charge in [0, 0.05) is 35.4 Å². The Morgan fingerprint density at radius 1 is 1.20 bits per heavy atom. The average Bonchev–Trinajstić information content (AvgIpc) is 3.24. The molecule has 0 aliphatic rings. The number of hydrogen-bond donors (Lipinski definition) is 5. The number of imidazole rings is 1. The van der Waals surface area contributed by atoms with Crippen molar-refractivity contribution in [1.82, 2.24) is 20.3 Å². The Labute approximate surface area is 144 Å². The molecule has 25 heavy (non-hydrogen) atoms. The van der Waals surface area contributed by atoms with Gasteiger partial charge in [0.25, 0.3) is 0 Å². The predicted octanol–water partition coefficient (Wildman–Crippen LogP) is -0.0264. The Kier molecular flexibility index (Phi) is 4.80. The van der Waals surface area contributed by atoms with Crippen molar-refractivity contribution in [3.05, 3.63) is 54.2 Å². The molecule has 2 amide bonds. The molecule has 0 aliphatic heterocycles. The van der Waals surface area contributed by atoms with Gasteiger partial charge < -0.3 is 26.8 Å². The minimum absolute atomic E-state index is 0.237. The molecule has 0 saturated carbocycles. The summed E-state index contributed by atoms with van der Waals surface area (Å²) < 4.78 is 0. The number of fused-ring (bicyclic) bond motifs is 1. The summed E-state index contributed by atoms with van der Waals surface area (Å²) in [4.78, 5) is 33.9. The minimum atomic E-state index is -0.845. The molecule has 0 aliphatic carbocycles. The first-order valence-electron chi connectivity index (χ1n) is 7.92. The van der Waals surface area contributed by atoms with E-state index in [0.717, 1.165) is 16.5 Å². The molecular weight excluding hydrogens is 320 g/mol. The number of aromatic nitrogens is 3. The predicted molar refractivity (Wildman–Crippen MR) is 93.4 cm³/mol. The Balaban J connectivity index is 1.65. The lowest BCUT2D eigenvalue weighted by molar-refractivity contribution is -0.128. The smallest absolute Gasteiger partial charge is 0.240 e. The molecule has 0 bridgehead atoms. The quantitative estimate of drug-likeness (QED) is 0.411. The fraction of sp³-hybridized carbons (Fsp3) is 0.235. The number of primary amides is 1. The number of hydrogen-bond acceptors (Lipinski definition) is 4. The second kappa shape index (κ2) is 7.18. The van der Waals surface area contributed by atoms with E-state index in [9.17, 15) is 9.59 Å². The Morgan fingerprint density at radius 3 is 2.72 bits per heavy atom. The van der Waals surface area contributed by atoms with Crippen molar-refractivity contribution in [1.29, 1.82) is 0 Å². The van der Waals surface area contributed by atoms with Gasteiger partial charge in [0.15, 0.2) is 0 Å². The van der Waals surface area contributed by atoms with Gasteiger partial charge in [-0.1, -0.05) is 18.2 Å². The highest BCUT2D eigenvalue weighted by Gasteiger charge is 2.23. The maximum Gasteiger partial charge on any atom is 0.240 e. The normalized spacial score (nSPS) is 13.5. The summed E-state index contributed by atoms with van der Waals surface area (Å²) in [5.74, 6) is -1.05. The number of amides is 2. The van der Waals surface area contributed by atoms with Crippen LogP contribution in [0.15, 0.2) is 43.0 Å². The van der Waals surface area contributed by atoms with Crippen molar-refractivity contribution >= 4 is 22.7 Å². The van der Waals surface area contributed by atoms with Gasteiger partial charge >= 0.3 is 0 Å². The average molecular weight is 340 g/mol. The Hall–Kier alpha value is -3.13. The molecule has 3 aromatic rings. The van der Waals surface area contributed by atoms with Crippen LogP contribution in [-0.2, 0) is 22.4 Å². The Bertz CT molecular complexity index is 870. The lowest BCUT2D eigenvalue weighted by atomic mass is 10.0. The van der Waals surface area contributed by atoms with E-state index in [1.807, 2.05) is 30.5 Å². The summed E-state index contributed by atoms with van der Waals surface area (Å²) in [6.07, 6.45) is 5.51. The summed E-state index contributed by atoms with van der Waals surface area (Å²) in [5, 5.41) is 3.64. The van der Waals surface area contributed by atoms with E-state index in [2.05, 4.69) is 20.3 Å². The van der Waals surface area contributed by atoms with Gasteiger partial charge in [-0.2, -0.15) is 0 Å². The maximum absolute atomic E-state index is 12.4. The second-order valence-electron chi connectivity index (χ2n) is 5.91. The molecule has 3 rings (SSSR count). The molecule has 8 nitrogen and oxygen atoms in total. The van der Waals surface area contributed by atoms with Crippen LogP contribution in [0.3, 0.4) is 0 Å². The van der Waals surface area contributed by atoms with Crippen molar-refractivity contribution in [2.75, 3.05) is 0 Å². The van der Waals surface area contributed by atoms with E-state index in [4.69, 9.17) is 11.5 Å². The zero-order valence-electron chi connectivity index (χ0n) is 13.5. The first kappa shape index (κ1) is 16.7. The molecule has 2 aromatic heterocycles. The third kappa shape index (κ3) is 3.86. The zero-order valence-corrected chi connectivity index (χ0v) is 13.5. The number of benzene rings is 1. The molecule has 130 valence electrons. The largest absolute Gasteiger partial charge is 0.368 e. The maximum atomic E-state index is 12.4. The molecule has 8 heteroatoms. The number of carbonyl (C=O) groups is 2. The van der Waals surface area contributed by atoms with Crippen molar-refractivity contribution < 1.29 is 9.59 Å². The van der Waals surface area contributed by atoms with Crippen molar-refractivity contribution in [3.63, 3.8) is 0 Å². The number of rotatable bonds is 7. The van der Waals surface area contributed by atoms with Crippen molar-refractivity contribution in [3.8, 4) is 0 Å². The summed E-state index contributed by atoms with van der Waals surface area (Å²) in [5.41, 5.74) is 14.0. The second-order valence-corrected chi connectivity index (χ2v) is 5.91. The summed E-state index contributed by atoms with van der Waals surface area (Å²) in [6.45, 7) is 0. The van der Waals surface area contributed by atoms with Crippen LogP contribution in [0.25, 0.3) is 10.9 Å². The summed E-state index contributed by atoms with van der Waals surface area (Å²) in [7, 11) is 0. The van der Waals surface area contributed by atoms with Crippen LogP contribution < -0.4 is 16.8 Å². The molecule has 0 unspecified atom stereocenters. The molecule has 0 fully saturated rings. The van der Waals surface area contributed by atoms with Crippen LogP contribution in [0.5, 0.6) is 0 Å². The first-order chi connectivity index (χ1) is 12.0. The lowest BCUT2D eigenvalue weighted by Crippen LogP contribution is -2.51. The number of para-hydroxylation sites is 1. The number of nitrogens with one attached hydrogen (secondary N) is 3. The Morgan fingerprint density at radius 2 is 2.00 bits per heavy atom. The van der Waals surface area contributed by atoms with Gasteiger partial charge in [0.1, 0.15) is 6.04 Å². The van der Waals surface area contributed by atoms with E-state index in [1.165, 1.54) is 6.33 Å². The molecule has 0 spiro atoms. The molecular formula is C17H20N6O2. The standard InChI is InChI=1S/C17H20N6O2/c18-13(5-10-7-21-14-4-2-1-3-12(10)14)17(25)23-15(16(19)24)6-11-8-20-9-22-11/h1-4,7-9,13,15,21H,5-6,18H2,(H2,19,24)(H,20,22)(H,23,25)/t13-,15-/m0/s1. The molecule has 2 atom stereocenters. The number of carbonyl (C=O) groups excluding carboxylic acids is 2. The topological polar surface area (TPSA) is 143 Å².